The van der Waals surface area contributed by atoms with Gasteiger partial charge in [-0.15, -0.1) is 0 Å². The molecule has 0 spiro atoms. The highest BCUT2D eigenvalue weighted by Crippen LogP contribution is 2.25. The molecule has 132 valence electrons. The Kier molecular flexibility index (Phi) is 5.50. The van der Waals surface area contributed by atoms with Crippen molar-refractivity contribution < 1.29 is 34.1 Å². The Morgan fingerprint density at radius 2 is 1.88 bits per heavy atom. The minimum atomic E-state index is -1.60. The standard InChI is InChI=1S/C16H16N2O7/c17-11(15(21)22)5-8-7-18-12-2-1-9(6-10(8)12)25-14(20)4-3-13(19)16(23)24/h1-2,6-7,11,18H,3-5,17H2,(H,21,22)(H,23,24). The van der Waals surface area contributed by atoms with Gasteiger partial charge in [-0.25, -0.2) is 4.79 Å². The van der Waals surface area contributed by atoms with Crippen molar-refractivity contribution in [1.82, 2.24) is 4.98 Å². The van der Waals surface area contributed by atoms with E-state index in [0.717, 1.165) is 0 Å². The third kappa shape index (κ3) is 4.64. The van der Waals surface area contributed by atoms with Crippen molar-refractivity contribution >= 4 is 34.6 Å². The summed E-state index contributed by atoms with van der Waals surface area (Å²) < 4.78 is 5.08. The van der Waals surface area contributed by atoms with Crippen molar-refractivity contribution in [1.29, 1.82) is 0 Å². The molecule has 2 aromatic rings. The van der Waals surface area contributed by atoms with Gasteiger partial charge < -0.3 is 25.7 Å². The normalized spacial score (nSPS) is 11.9. The summed E-state index contributed by atoms with van der Waals surface area (Å²) in [4.78, 5) is 46.9. The summed E-state index contributed by atoms with van der Waals surface area (Å²) in [5.74, 6) is -4.33. The van der Waals surface area contributed by atoms with Crippen LogP contribution in [0, 0.1) is 0 Å². The summed E-state index contributed by atoms with van der Waals surface area (Å²) in [5, 5.41) is 18.0. The van der Waals surface area contributed by atoms with Gasteiger partial charge in [0.2, 0.25) is 5.78 Å². The Morgan fingerprint density at radius 3 is 2.52 bits per heavy atom. The molecule has 1 heterocycles. The van der Waals surface area contributed by atoms with Crippen LogP contribution >= 0.6 is 0 Å². The number of hydrogen-bond acceptors (Lipinski definition) is 6. The summed E-state index contributed by atoms with van der Waals surface area (Å²) >= 11 is 0. The van der Waals surface area contributed by atoms with Crippen molar-refractivity contribution in [3.05, 3.63) is 30.0 Å². The van der Waals surface area contributed by atoms with Crippen LogP contribution in [0.3, 0.4) is 0 Å². The van der Waals surface area contributed by atoms with Gasteiger partial charge in [0.15, 0.2) is 0 Å². The van der Waals surface area contributed by atoms with Crippen molar-refractivity contribution in [3.8, 4) is 5.75 Å². The zero-order valence-corrected chi connectivity index (χ0v) is 13.0. The molecule has 25 heavy (non-hydrogen) atoms. The molecule has 9 heteroatoms. The lowest BCUT2D eigenvalue weighted by Gasteiger charge is -2.07. The average Bonchev–Trinajstić information content (AvgIpc) is 2.94. The number of rotatable bonds is 8. The van der Waals surface area contributed by atoms with Gasteiger partial charge in [0.1, 0.15) is 11.8 Å². The highest BCUT2D eigenvalue weighted by atomic mass is 16.5. The molecule has 1 aromatic heterocycles. The Labute approximate surface area is 141 Å². The molecular formula is C16H16N2O7. The number of benzene rings is 1. The molecular weight excluding hydrogens is 332 g/mol. The van der Waals surface area contributed by atoms with Gasteiger partial charge in [0.05, 0.1) is 6.42 Å². The molecule has 1 atom stereocenters. The van der Waals surface area contributed by atoms with E-state index in [4.69, 9.17) is 20.7 Å². The average molecular weight is 348 g/mol. The summed E-state index contributed by atoms with van der Waals surface area (Å²) in [5.41, 5.74) is 6.90. The number of carbonyl (C=O) groups excluding carboxylic acids is 2. The second-order valence-corrected chi connectivity index (χ2v) is 5.37. The molecule has 0 amide bonds. The first-order valence-electron chi connectivity index (χ1n) is 7.33. The Hall–Kier alpha value is -3.20. The van der Waals surface area contributed by atoms with Gasteiger partial charge in [-0.2, -0.15) is 0 Å². The number of esters is 1. The van der Waals surface area contributed by atoms with Crippen LogP contribution in [0.4, 0.5) is 0 Å². The maximum atomic E-state index is 11.7. The maximum absolute atomic E-state index is 11.7. The highest BCUT2D eigenvalue weighted by Gasteiger charge is 2.17. The van der Waals surface area contributed by atoms with E-state index in [1.54, 1.807) is 18.3 Å². The number of ketones is 1. The second kappa shape index (κ2) is 7.58. The number of Topliss-reactive ketones (excluding diaryl/α,β-unsaturated/α-hetero) is 1. The lowest BCUT2D eigenvalue weighted by Crippen LogP contribution is -2.32. The molecule has 1 aromatic carbocycles. The van der Waals surface area contributed by atoms with Crippen molar-refractivity contribution in [2.75, 3.05) is 0 Å². The Bertz CT molecular complexity index is 840. The number of aromatic amines is 1. The van der Waals surface area contributed by atoms with E-state index < -0.39 is 36.2 Å². The fraction of sp³-hybridized carbons (Fsp3) is 0.250. The van der Waals surface area contributed by atoms with Gasteiger partial charge in [-0.1, -0.05) is 0 Å². The SMILES string of the molecule is NC(Cc1c[nH]c2ccc(OC(=O)CCC(=O)C(=O)O)cc12)C(=O)O. The van der Waals surface area contributed by atoms with E-state index in [9.17, 15) is 19.2 Å². The first kappa shape index (κ1) is 18.1. The third-order valence-electron chi connectivity index (χ3n) is 3.52. The highest BCUT2D eigenvalue weighted by molar-refractivity contribution is 6.32. The van der Waals surface area contributed by atoms with Crippen molar-refractivity contribution in [2.24, 2.45) is 5.73 Å². The zero-order valence-electron chi connectivity index (χ0n) is 13.0. The first-order chi connectivity index (χ1) is 11.8. The minimum Gasteiger partial charge on any atom is -0.480 e. The number of H-pyrrole nitrogens is 1. The number of carbonyl (C=O) groups is 4. The van der Waals surface area contributed by atoms with E-state index >= 15 is 0 Å². The molecule has 0 aliphatic heterocycles. The van der Waals surface area contributed by atoms with Gasteiger partial charge >= 0.3 is 17.9 Å². The molecule has 0 bridgehead atoms. The fourth-order valence-corrected chi connectivity index (χ4v) is 2.22. The van der Waals surface area contributed by atoms with Crippen LogP contribution in [-0.4, -0.2) is 44.9 Å². The fourth-order valence-electron chi connectivity index (χ4n) is 2.22. The Morgan fingerprint density at radius 1 is 1.16 bits per heavy atom. The Balaban J connectivity index is 2.09. The lowest BCUT2D eigenvalue weighted by atomic mass is 10.1. The van der Waals surface area contributed by atoms with E-state index in [0.29, 0.717) is 16.5 Å². The molecule has 0 radical (unpaired) electrons. The van der Waals surface area contributed by atoms with Crippen LogP contribution in [0.25, 0.3) is 10.9 Å². The summed E-state index contributed by atoms with van der Waals surface area (Å²) in [7, 11) is 0. The van der Waals surface area contributed by atoms with Crippen LogP contribution in [-0.2, 0) is 25.6 Å². The van der Waals surface area contributed by atoms with Crippen molar-refractivity contribution in [2.45, 2.75) is 25.3 Å². The monoisotopic (exact) mass is 348 g/mol. The number of aromatic nitrogens is 1. The number of carboxylic acids is 2. The summed E-state index contributed by atoms with van der Waals surface area (Å²) in [6, 6.07) is 3.66. The summed E-state index contributed by atoms with van der Waals surface area (Å²) in [6.45, 7) is 0. The number of fused-ring (bicyclic) bond motifs is 1. The molecule has 0 saturated carbocycles. The van der Waals surface area contributed by atoms with Crippen LogP contribution in [0.1, 0.15) is 18.4 Å². The first-order valence-corrected chi connectivity index (χ1v) is 7.33. The lowest BCUT2D eigenvalue weighted by molar-refractivity contribution is -0.149. The van der Waals surface area contributed by atoms with Gasteiger partial charge in [0, 0.05) is 29.9 Å². The molecule has 9 nitrogen and oxygen atoms in total. The number of nitrogens with one attached hydrogen (secondary N) is 1. The molecule has 0 aliphatic rings. The predicted octanol–water partition coefficient (Wildman–Crippen LogP) is 0.462. The summed E-state index contributed by atoms with van der Waals surface area (Å²) in [6.07, 6.45) is 0.927. The molecule has 0 aliphatic carbocycles. The molecule has 5 N–H and O–H groups in total. The quantitative estimate of drug-likeness (QED) is 0.304. The molecule has 0 saturated heterocycles. The topological polar surface area (TPSA) is 160 Å². The third-order valence-corrected chi connectivity index (χ3v) is 3.52. The van der Waals surface area contributed by atoms with Crippen LogP contribution in [0.2, 0.25) is 0 Å². The molecule has 2 rings (SSSR count). The van der Waals surface area contributed by atoms with Gasteiger partial charge in [-0.3, -0.25) is 14.4 Å². The number of hydrogen-bond donors (Lipinski definition) is 4. The van der Waals surface area contributed by atoms with E-state index in [1.165, 1.54) is 6.07 Å². The van der Waals surface area contributed by atoms with Gasteiger partial charge in [-0.05, 0) is 23.8 Å². The van der Waals surface area contributed by atoms with Crippen LogP contribution in [0.5, 0.6) is 5.75 Å². The van der Waals surface area contributed by atoms with E-state index in [2.05, 4.69) is 4.98 Å². The van der Waals surface area contributed by atoms with E-state index in [-0.39, 0.29) is 18.6 Å². The molecule has 1 unspecified atom stereocenters. The smallest absolute Gasteiger partial charge is 0.372 e. The molecule has 0 fully saturated rings. The zero-order chi connectivity index (χ0) is 18.6. The minimum absolute atomic E-state index is 0.0971. The number of nitrogens with two attached hydrogens (primary N) is 1. The number of ether oxygens (including phenoxy) is 1. The largest absolute Gasteiger partial charge is 0.480 e. The van der Waals surface area contributed by atoms with Crippen LogP contribution in [0.15, 0.2) is 24.4 Å². The maximum Gasteiger partial charge on any atom is 0.372 e. The number of carboxylic acid groups (broad SMARTS) is 2. The van der Waals surface area contributed by atoms with E-state index in [1.807, 2.05) is 0 Å². The van der Waals surface area contributed by atoms with Gasteiger partial charge in [0.25, 0.3) is 0 Å². The predicted molar refractivity (Wildman–Crippen MR) is 85.1 cm³/mol. The second-order valence-electron chi connectivity index (χ2n) is 5.37. The van der Waals surface area contributed by atoms with Crippen LogP contribution < -0.4 is 10.5 Å². The van der Waals surface area contributed by atoms with Crippen molar-refractivity contribution in [3.63, 3.8) is 0 Å². The number of aliphatic carboxylic acids is 2.